The highest BCUT2D eigenvalue weighted by Crippen LogP contribution is 2.26. The van der Waals surface area contributed by atoms with Crippen molar-refractivity contribution in [2.24, 2.45) is 0 Å². The second-order valence-electron chi connectivity index (χ2n) is 5.80. The molecule has 0 bridgehead atoms. The number of rotatable bonds is 6. The Bertz CT molecular complexity index is 927. The van der Waals surface area contributed by atoms with Crippen molar-refractivity contribution in [3.63, 3.8) is 0 Å². The van der Waals surface area contributed by atoms with Crippen molar-refractivity contribution in [1.82, 2.24) is 4.31 Å². The summed E-state index contributed by atoms with van der Waals surface area (Å²) in [7, 11) is -0.674. The van der Waals surface area contributed by atoms with Crippen LogP contribution in [0.3, 0.4) is 0 Å². The molecule has 0 spiro atoms. The molecule has 0 aliphatic carbocycles. The van der Waals surface area contributed by atoms with Gasteiger partial charge in [-0.2, -0.15) is 0 Å². The highest BCUT2D eigenvalue weighted by Gasteiger charge is 2.21. The lowest BCUT2D eigenvalue weighted by Crippen LogP contribution is -2.23. The highest BCUT2D eigenvalue weighted by atomic mass is 79.9. The largest absolute Gasteiger partial charge is 0.494 e. The molecule has 140 valence electrons. The Hall–Kier alpha value is -1.90. The van der Waals surface area contributed by atoms with Crippen LogP contribution in [0.15, 0.2) is 45.8 Å². The number of halogens is 1. The quantitative estimate of drug-likeness (QED) is 0.743. The summed E-state index contributed by atoms with van der Waals surface area (Å²) in [5, 5.41) is 2.80. The zero-order valence-electron chi connectivity index (χ0n) is 15.0. The monoisotopic (exact) mass is 440 g/mol. The second kappa shape index (κ2) is 8.20. The van der Waals surface area contributed by atoms with E-state index in [-0.39, 0.29) is 10.8 Å². The summed E-state index contributed by atoms with van der Waals surface area (Å²) in [6, 6.07) is 9.78. The third-order valence-electron chi connectivity index (χ3n) is 3.69. The number of anilines is 1. The van der Waals surface area contributed by atoms with Gasteiger partial charge in [0, 0.05) is 29.8 Å². The molecule has 8 heteroatoms. The van der Waals surface area contributed by atoms with Crippen molar-refractivity contribution in [3.05, 3.63) is 52.0 Å². The van der Waals surface area contributed by atoms with Crippen LogP contribution < -0.4 is 10.1 Å². The third-order valence-corrected chi connectivity index (χ3v) is 6.48. The van der Waals surface area contributed by atoms with Crippen LogP contribution in [0.4, 0.5) is 5.69 Å². The van der Waals surface area contributed by atoms with Crippen LogP contribution in [-0.2, 0) is 10.0 Å². The van der Waals surface area contributed by atoms with Gasteiger partial charge in [0.1, 0.15) is 5.75 Å². The lowest BCUT2D eigenvalue weighted by atomic mass is 10.1. The Kier molecular flexibility index (Phi) is 6.44. The predicted molar refractivity (Wildman–Crippen MR) is 105 cm³/mol. The van der Waals surface area contributed by atoms with Crippen LogP contribution in [0.2, 0.25) is 0 Å². The Balaban J connectivity index is 2.23. The van der Waals surface area contributed by atoms with Gasteiger partial charge in [-0.05, 0) is 71.7 Å². The number of hydrogen-bond acceptors (Lipinski definition) is 4. The number of carbonyl (C=O) groups is 1. The minimum absolute atomic E-state index is 0.107. The van der Waals surface area contributed by atoms with E-state index in [1.54, 1.807) is 12.1 Å². The van der Waals surface area contributed by atoms with Gasteiger partial charge in [0.25, 0.3) is 5.91 Å². The fourth-order valence-electron chi connectivity index (χ4n) is 2.30. The molecule has 0 atom stereocenters. The van der Waals surface area contributed by atoms with E-state index in [0.717, 1.165) is 15.6 Å². The van der Waals surface area contributed by atoms with Crippen LogP contribution >= 0.6 is 15.9 Å². The molecule has 0 aliphatic heterocycles. The van der Waals surface area contributed by atoms with E-state index in [1.807, 2.05) is 19.9 Å². The maximum absolute atomic E-state index is 12.5. The summed E-state index contributed by atoms with van der Waals surface area (Å²) in [6.07, 6.45) is 0. The first-order valence-electron chi connectivity index (χ1n) is 7.93. The fraction of sp³-hybridized carbons (Fsp3) is 0.278. The summed E-state index contributed by atoms with van der Waals surface area (Å²) in [5.74, 6) is 0.439. The van der Waals surface area contributed by atoms with E-state index in [2.05, 4.69) is 21.2 Å². The molecule has 1 amide bonds. The Morgan fingerprint density at radius 1 is 1.19 bits per heavy atom. The average Bonchev–Trinajstić information content (AvgIpc) is 2.57. The van der Waals surface area contributed by atoms with Gasteiger partial charge in [-0.25, -0.2) is 12.7 Å². The van der Waals surface area contributed by atoms with E-state index in [1.165, 1.54) is 32.3 Å². The van der Waals surface area contributed by atoms with E-state index in [0.29, 0.717) is 22.3 Å². The standard InChI is InChI=1S/C18H21BrN2O4S/c1-5-25-16-8-7-14(10-12(16)2)20-18(22)13-6-9-17(15(19)11-13)26(23,24)21(3)4/h6-11H,5H2,1-4H3,(H,20,22). The number of benzene rings is 2. The second-order valence-corrected chi connectivity index (χ2v) is 8.77. The molecule has 0 heterocycles. The molecule has 0 unspecified atom stereocenters. The first-order chi connectivity index (χ1) is 12.2. The molecule has 0 saturated carbocycles. The van der Waals surface area contributed by atoms with Crippen molar-refractivity contribution in [2.75, 3.05) is 26.0 Å². The van der Waals surface area contributed by atoms with Gasteiger partial charge in [0.05, 0.1) is 11.5 Å². The van der Waals surface area contributed by atoms with E-state index < -0.39 is 10.0 Å². The molecular formula is C18H21BrN2O4S. The molecule has 1 N–H and O–H groups in total. The van der Waals surface area contributed by atoms with Crippen LogP contribution in [0.5, 0.6) is 5.75 Å². The number of ether oxygens (including phenoxy) is 1. The number of nitrogens with one attached hydrogen (secondary N) is 1. The lowest BCUT2D eigenvalue weighted by Gasteiger charge is -2.14. The molecular weight excluding hydrogens is 420 g/mol. The summed E-state index contributed by atoms with van der Waals surface area (Å²) in [4.78, 5) is 12.6. The summed E-state index contributed by atoms with van der Waals surface area (Å²) in [6.45, 7) is 4.38. The van der Waals surface area contributed by atoms with E-state index >= 15 is 0 Å². The van der Waals surface area contributed by atoms with Crippen molar-refractivity contribution >= 4 is 37.5 Å². The number of hydrogen-bond donors (Lipinski definition) is 1. The molecule has 0 aliphatic rings. The molecule has 2 aromatic rings. The maximum Gasteiger partial charge on any atom is 0.255 e. The SMILES string of the molecule is CCOc1ccc(NC(=O)c2ccc(S(=O)(=O)N(C)C)c(Br)c2)cc1C. The predicted octanol–water partition coefficient (Wildman–Crippen LogP) is 3.66. The molecule has 2 rings (SSSR count). The number of nitrogens with zero attached hydrogens (tertiary/aromatic N) is 1. The van der Waals surface area contributed by atoms with Gasteiger partial charge >= 0.3 is 0 Å². The summed E-state index contributed by atoms with van der Waals surface area (Å²) >= 11 is 3.24. The van der Waals surface area contributed by atoms with Crippen molar-refractivity contribution < 1.29 is 17.9 Å². The number of aryl methyl sites for hydroxylation is 1. The molecule has 0 saturated heterocycles. The number of sulfonamides is 1. The van der Waals surface area contributed by atoms with E-state index in [4.69, 9.17) is 4.74 Å². The van der Waals surface area contributed by atoms with E-state index in [9.17, 15) is 13.2 Å². The smallest absolute Gasteiger partial charge is 0.255 e. The van der Waals surface area contributed by atoms with Gasteiger partial charge in [0.2, 0.25) is 10.0 Å². The van der Waals surface area contributed by atoms with Crippen molar-refractivity contribution in [2.45, 2.75) is 18.7 Å². The van der Waals surface area contributed by atoms with Crippen molar-refractivity contribution in [3.8, 4) is 5.75 Å². The Morgan fingerprint density at radius 2 is 1.88 bits per heavy atom. The highest BCUT2D eigenvalue weighted by molar-refractivity contribution is 9.10. The Labute approximate surface area is 162 Å². The zero-order chi connectivity index (χ0) is 19.5. The van der Waals surface area contributed by atoms with Crippen molar-refractivity contribution in [1.29, 1.82) is 0 Å². The summed E-state index contributed by atoms with van der Waals surface area (Å²) in [5.41, 5.74) is 1.90. The minimum Gasteiger partial charge on any atom is -0.494 e. The molecule has 0 radical (unpaired) electrons. The normalized spacial score (nSPS) is 11.5. The van der Waals surface area contributed by atoms with Gasteiger partial charge in [-0.3, -0.25) is 4.79 Å². The molecule has 0 fully saturated rings. The maximum atomic E-state index is 12.5. The first kappa shape index (κ1) is 20.4. The lowest BCUT2D eigenvalue weighted by molar-refractivity contribution is 0.102. The van der Waals surface area contributed by atoms with Gasteiger partial charge < -0.3 is 10.1 Å². The van der Waals surface area contributed by atoms with Gasteiger partial charge in [-0.15, -0.1) is 0 Å². The zero-order valence-corrected chi connectivity index (χ0v) is 17.4. The third kappa shape index (κ3) is 4.44. The molecule has 26 heavy (non-hydrogen) atoms. The topological polar surface area (TPSA) is 75.7 Å². The Morgan fingerprint density at radius 3 is 2.42 bits per heavy atom. The van der Waals surface area contributed by atoms with Gasteiger partial charge in [-0.1, -0.05) is 0 Å². The molecule has 6 nitrogen and oxygen atoms in total. The molecule has 0 aromatic heterocycles. The number of carbonyl (C=O) groups excluding carboxylic acids is 1. The minimum atomic E-state index is -3.58. The molecule has 2 aromatic carbocycles. The van der Waals surface area contributed by atoms with Crippen LogP contribution in [0.25, 0.3) is 0 Å². The average molecular weight is 441 g/mol. The first-order valence-corrected chi connectivity index (χ1v) is 10.2. The van der Waals surface area contributed by atoms with Crippen LogP contribution in [-0.4, -0.2) is 39.3 Å². The van der Waals surface area contributed by atoms with Gasteiger partial charge in [0.15, 0.2) is 0 Å². The van der Waals surface area contributed by atoms with Crippen LogP contribution in [0.1, 0.15) is 22.8 Å². The van der Waals surface area contributed by atoms with Crippen LogP contribution in [0, 0.1) is 6.92 Å². The fourth-order valence-corrected chi connectivity index (χ4v) is 4.23. The number of amides is 1. The summed E-state index contributed by atoms with van der Waals surface area (Å²) < 4.78 is 31.4.